The maximum atomic E-state index is 4.53. The molecule has 88 valence electrons. The number of nitrogens with zero attached hydrogens (tertiary/aromatic N) is 2. The molecule has 2 atom stereocenters. The topological polar surface area (TPSA) is 16.1 Å². The van der Waals surface area contributed by atoms with Crippen molar-refractivity contribution in [2.24, 2.45) is 0 Å². The monoisotopic (exact) mass is 262 g/mol. The average Bonchev–Trinajstić information content (AvgIpc) is 2.98. The molecule has 3 rings (SSSR count). The van der Waals surface area contributed by atoms with Crippen LogP contribution >= 0.6 is 20.6 Å². The van der Waals surface area contributed by atoms with Gasteiger partial charge in [0, 0.05) is 24.4 Å². The third kappa shape index (κ3) is 2.36. The molecule has 2 unspecified atom stereocenters. The molecule has 17 heavy (non-hydrogen) atoms. The normalized spacial score (nSPS) is 19.8. The fourth-order valence-corrected chi connectivity index (χ4v) is 3.52. The molecule has 0 N–H and O–H groups in total. The molecule has 1 aromatic heterocycles. The summed E-state index contributed by atoms with van der Waals surface area (Å²) in [6, 6.07) is 10.8. The van der Waals surface area contributed by atoms with Crippen LogP contribution < -0.4 is 10.3 Å². The first-order valence-electron chi connectivity index (χ1n) is 5.84. The van der Waals surface area contributed by atoms with Gasteiger partial charge < -0.3 is 4.90 Å². The second kappa shape index (κ2) is 4.75. The lowest BCUT2D eigenvalue weighted by atomic mass is 9.99. The summed E-state index contributed by atoms with van der Waals surface area (Å²) < 4.78 is 0. The van der Waals surface area contributed by atoms with E-state index in [-0.39, 0.29) is 0 Å². The molecule has 0 saturated carbocycles. The van der Waals surface area contributed by atoms with Crippen molar-refractivity contribution >= 4 is 31.1 Å². The van der Waals surface area contributed by atoms with Crippen LogP contribution in [-0.2, 0) is 0 Å². The van der Waals surface area contributed by atoms with Crippen LogP contribution in [0, 0.1) is 0 Å². The number of hydrogen-bond donors (Lipinski definition) is 0. The van der Waals surface area contributed by atoms with E-state index >= 15 is 0 Å². The second-order valence-electron chi connectivity index (χ2n) is 4.40. The number of anilines is 1. The van der Waals surface area contributed by atoms with Crippen LogP contribution in [0.15, 0.2) is 35.7 Å². The first-order valence-corrected chi connectivity index (χ1v) is 7.29. The predicted octanol–water partition coefficient (Wildman–Crippen LogP) is 2.64. The van der Waals surface area contributed by atoms with Crippen molar-refractivity contribution in [3.8, 4) is 0 Å². The van der Waals surface area contributed by atoms with Crippen molar-refractivity contribution in [2.45, 2.75) is 12.3 Å². The molecule has 1 aliphatic rings. The molecule has 2 heterocycles. The van der Waals surface area contributed by atoms with Crippen molar-refractivity contribution in [1.29, 1.82) is 0 Å². The Balaban J connectivity index is 1.74. The van der Waals surface area contributed by atoms with Gasteiger partial charge in [0.15, 0.2) is 5.13 Å². The van der Waals surface area contributed by atoms with E-state index in [9.17, 15) is 0 Å². The lowest BCUT2D eigenvalue weighted by Crippen LogP contribution is -2.19. The number of thiazole rings is 1. The van der Waals surface area contributed by atoms with Crippen LogP contribution in [0.25, 0.3) is 0 Å². The van der Waals surface area contributed by atoms with Gasteiger partial charge in [-0.05, 0) is 12.0 Å². The Kier molecular flexibility index (Phi) is 3.13. The Morgan fingerprint density at radius 1 is 1.29 bits per heavy atom. The van der Waals surface area contributed by atoms with Gasteiger partial charge in [0.1, 0.15) is 0 Å². The molecular formula is C13H15N2PS. The van der Waals surface area contributed by atoms with Gasteiger partial charge in [0.05, 0.1) is 5.44 Å². The highest BCUT2D eigenvalue weighted by Crippen LogP contribution is 2.31. The molecule has 0 amide bonds. The summed E-state index contributed by atoms with van der Waals surface area (Å²) in [7, 11) is 2.66. The van der Waals surface area contributed by atoms with E-state index in [0.29, 0.717) is 5.92 Å². The molecular weight excluding hydrogens is 247 g/mol. The van der Waals surface area contributed by atoms with E-state index in [1.165, 1.54) is 12.0 Å². The van der Waals surface area contributed by atoms with Crippen molar-refractivity contribution in [3.63, 3.8) is 0 Å². The number of rotatable bonds is 2. The Morgan fingerprint density at radius 2 is 2.12 bits per heavy atom. The van der Waals surface area contributed by atoms with Gasteiger partial charge in [-0.25, -0.2) is 4.98 Å². The second-order valence-corrected chi connectivity index (χ2v) is 5.83. The third-order valence-electron chi connectivity index (χ3n) is 3.24. The predicted molar refractivity (Wildman–Crippen MR) is 77.5 cm³/mol. The molecule has 0 spiro atoms. The van der Waals surface area contributed by atoms with Crippen LogP contribution in [0.3, 0.4) is 0 Å². The zero-order chi connectivity index (χ0) is 11.7. The highest BCUT2D eigenvalue weighted by atomic mass is 32.1. The minimum atomic E-state index is 0.660. The average molecular weight is 262 g/mol. The van der Waals surface area contributed by atoms with Crippen molar-refractivity contribution in [2.75, 3.05) is 18.0 Å². The van der Waals surface area contributed by atoms with Crippen molar-refractivity contribution < 1.29 is 0 Å². The van der Waals surface area contributed by atoms with Gasteiger partial charge in [0.2, 0.25) is 0 Å². The van der Waals surface area contributed by atoms with Gasteiger partial charge in [0.25, 0.3) is 0 Å². The van der Waals surface area contributed by atoms with Gasteiger partial charge in [-0.15, -0.1) is 11.3 Å². The molecule has 0 bridgehead atoms. The molecule has 2 nitrogen and oxygen atoms in total. The zero-order valence-corrected chi connectivity index (χ0v) is 11.5. The lowest BCUT2D eigenvalue weighted by molar-refractivity contribution is 0.775. The largest absolute Gasteiger partial charge is 0.347 e. The summed E-state index contributed by atoms with van der Waals surface area (Å²) in [5.74, 6) is 0.660. The van der Waals surface area contributed by atoms with E-state index in [2.05, 4.69) is 54.8 Å². The molecule has 1 aromatic carbocycles. The quantitative estimate of drug-likeness (QED) is 0.773. The zero-order valence-electron chi connectivity index (χ0n) is 9.54. The van der Waals surface area contributed by atoms with Crippen molar-refractivity contribution in [1.82, 2.24) is 4.98 Å². The van der Waals surface area contributed by atoms with Gasteiger partial charge in [-0.3, -0.25) is 0 Å². The van der Waals surface area contributed by atoms with E-state index in [1.54, 1.807) is 11.3 Å². The summed E-state index contributed by atoms with van der Waals surface area (Å²) >= 11 is 1.74. The summed E-state index contributed by atoms with van der Waals surface area (Å²) in [6.45, 7) is 2.22. The maximum Gasteiger partial charge on any atom is 0.185 e. The van der Waals surface area contributed by atoms with Gasteiger partial charge in [-0.2, -0.15) is 0 Å². The minimum Gasteiger partial charge on any atom is -0.347 e. The Hall–Kier alpha value is -0.920. The fourth-order valence-electron chi connectivity index (χ4n) is 2.35. The summed E-state index contributed by atoms with van der Waals surface area (Å²) in [4.78, 5) is 6.93. The standard InChI is InChI=1S/C13H15N2PS/c16-12-9-17-13(14-12)15-7-6-11(8-15)10-4-2-1-3-5-10/h1-5,9,11H,6-8,16H2. The summed E-state index contributed by atoms with van der Waals surface area (Å²) in [5, 5.41) is 3.25. The Morgan fingerprint density at radius 3 is 2.82 bits per heavy atom. The smallest absolute Gasteiger partial charge is 0.185 e. The van der Waals surface area contributed by atoms with E-state index in [0.717, 1.165) is 23.7 Å². The van der Waals surface area contributed by atoms with Crippen LogP contribution in [0.5, 0.6) is 0 Å². The first-order chi connectivity index (χ1) is 8.33. The van der Waals surface area contributed by atoms with Crippen LogP contribution in [0.2, 0.25) is 0 Å². The summed E-state index contributed by atoms with van der Waals surface area (Å²) in [6.07, 6.45) is 1.23. The van der Waals surface area contributed by atoms with E-state index in [4.69, 9.17) is 0 Å². The Labute approximate surface area is 108 Å². The van der Waals surface area contributed by atoms with E-state index < -0.39 is 0 Å². The first kappa shape index (κ1) is 11.2. The van der Waals surface area contributed by atoms with Gasteiger partial charge in [-0.1, -0.05) is 39.6 Å². The lowest BCUT2D eigenvalue weighted by Gasteiger charge is -2.14. The molecule has 1 aliphatic heterocycles. The highest BCUT2D eigenvalue weighted by molar-refractivity contribution is 7.29. The molecule has 1 saturated heterocycles. The van der Waals surface area contributed by atoms with E-state index in [1.807, 2.05) is 0 Å². The maximum absolute atomic E-state index is 4.53. The molecule has 4 heteroatoms. The molecule has 0 radical (unpaired) electrons. The number of aromatic nitrogens is 1. The summed E-state index contributed by atoms with van der Waals surface area (Å²) in [5.41, 5.74) is 2.51. The molecule has 0 aliphatic carbocycles. The highest BCUT2D eigenvalue weighted by Gasteiger charge is 2.25. The Bertz CT molecular complexity index is 497. The van der Waals surface area contributed by atoms with Crippen LogP contribution in [-0.4, -0.2) is 18.1 Å². The van der Waals surface area contributed by atoms with Crippen LogP contribution in [0.4, 0.5) is 5.13 Å². The molecule has 1 fully saturated rings. The van der Waals surface area contributed by atoms with Crippen LogP contribution in [0.1, 0.15) is 17.9 Å². The van der Waals surface area contributed by atoms with Gasteiger partial charge >= 0.3 is 0 Å². The SMILES string of the molecule is Pc1csc(N2CCC(c3ccccc3)C2)n1. The number of benzene rings is 1. The third-order valence-corrected chi connectivity index (χ3v) is 4.70. The molecule has 2 aromatic rings. The fraction of sp³-hybridized carbons (Fsp3) is 0.308. The van der Waals surface area contributed by atoms with Crippen molar-refractivity contribution in [3.05, 3.63) is 41.3 Å². The minimum absolute atomic E-state index is 0.660. The number of hydrogen-bond acceptors (Lipinski definition) is 3.